The number of hydrogen-bond donors (Lipinski definition) is 1. The van der Waals surface area contributed by atoms with E-state index in [1.807, 2.05) is 12.4 Å². The fourth-order valence-corrected chi connectivity index (χ4v) is 4.29. The van der Waals surface area contributed by atoms with Gasteiger partial charge in [-0.05, 0) is 83.5 Å². The van der Waals surface area contributed by atoms with Crippen molar-refractivity contribution in [2.24, 2.45) is 16.7 Å². The van der Waals surface area contributed by atoms with Crippen molar-refractivity contribution >= 4 is 15.9 Å². The Hall–Kier alpha value is -0.410. The van der Waals surface area contributed by atoms with Crippen molar-refractivity contribution in [3.63, 3.8) is 0 Å². The maximum absolute atomic E-state index is 4.33. The predicted octanol–water partition coefficient (Wildman–Crippen LogP) is 4.83. The van der Waals surface area contributed by atoms with Crippen LogP contribution >= 0.6 is 15.9 Å². The topological polar surface area (TPSA) is 24.9 Å². The van der Waals surface area contributed by atoms with Crippen LogP contribution in [0.3, 0.4) is 0 Å². The number of rotatable bonds is 4. The summed E-state index contributed by atoms with van der Waals surface area (Å²) in [6.45, 7) is 8.28. The van der Waals surface area contributed by atoms with Gasteiger partial charge in [-0.3, -0.25) is 4.98 Å². The van der Waals surface area contributed by atoms with E-state index in [4.69, 9.17) is 0 Å². The minimum absolute atomic E-state index is 0.402. The first-order valence-corrected chi connectivity index (χ1v) is 8.88. The van der Waals surface area contributed by atoms with Crippen LogP contribution in [0.1, 0.15) is 52.0 Å². The zero-order valence-corrected chi connectivity index (χ0v) is 15.5. The summed E-state index contributed by atoms with van der Waals surface area (Å²) in [6.07, 6.45) is 10.4. The Kier molecular flexibility index (Phi) is 5.48. The lowest BCUT2D eigenvalue weighted by Crippen LogP contribution is -2.40. The van der Waals surface area contributed by atoms with Crippen LogP contribution in [-0.4, -0.2) is 18.6 Å². The molecule has 3 heteroatoms. The summed E-state index contributed by atoms with van der Waals surface area (Å²) in [5, 5.41) is 3.43. The Morgan fingerprint density at radius 1 is 1.29 bits per heavy atom. The smallest absolute Gasteiger partial charge is 0.0410 e. The van der Waals surface area contributed by atoms with Crippen LogP contribution in [0.2, 0.25) is 0 Å². The quantitative estimate of drug-likeness (QED) is 0.839. The second-order valence-corrected chi connectivity index (χ2v) is 8.77. The summed E-state index contributed by atoms with van der Waals surface area (Å²) in [5.41, 5.74) is 2.20. The normalized spacial score (nSPS) is 26.8. The van der Waals surface area contributed by atoms with Crippen LogP contribution in [0.5, 0.6) is 0 Å². The minimum atomic E-state index is 0.402. The van der Waals surface area contributed by atoms with E-state index in [0.717, 1.165) is 23.4 Å². The average Bonchev–Trinajstić information content (AvgIpc) is 2.38. The predicted molar refractivity (Wildman–Crippen MR) is 93.4 cm³/mol. The first kappa shape index (κ1) is 17.0. The Morgan fingerprint density at radius 3 is 2.48 bits per heavy atom. The minimum Gasteiger partial charge on any atom is -0.319 e. The monoisotopic (exact) mass is 352 g/mol. The highest BCUT2D eigenvalue weighted by atomic mass is 79.9. The molecule has 0 saturated heterocycles. The van der Waals surface area contributed by atoms with Gasteiger partial charge >= 0.3 is 0 Å². The zero-order valence-electron chi connectivity index (χ0n) is 13.9. The lowest BCUT2D eigenvalue weighted by molar-refractivity contribution is 0.0876. The molecular formula is C18H29BrN2. The van der Waals surface area contributed by atoms with E-state index in [1.54, 1.807) is 0 Å². The Bertz CT molecular complexity index is 457. The largest absolute Gasteiger partial charge is 0.319 e. The molecular weight excluding hydrogens is 324 g/mol. The van der Waals surface area contributed by atoms with Gasteiger partial charge in [0.2, 0.25) is 0 Å². The maximum atomic E-state index is 4.33. The zero-order chi connectivity index (χ0) is 15.5. The molecule has 1 N–H and O–H groups in total. The summed E-state index contributed by atoms with van der Waals surface area (Å²) >= 11 is 3.54. The van der Waals surface area contributed by atoms with Gasteiger partial charge in [0.15, 0.2) is 0 Å². The summed E-state index contributed by atoms with van der Waals surface area (Å²) in [5.74, 6) is 0.864. The van der Waals surface area contributed by atoms with Gasteiger partial charge in [0.05, 0.1) is 0 Å². The second kappa shape index (κ2) is 6.78. The summed E-state index contributed by atoms with van der Waals surface area (Å²) in [7, 11) is 2.08. The second-order valence-electron chi connectivity index (χ2n) is 7.86. The molecule has 1 aromatic heterocycles. The van der Waals surface area contributed by atoms with Crippen LogP contribution in [-0.2, 0) is 6.42 Å². The van der Waals surface area contributed by atoms with Crippen molar-refractivity contribution in [2.75, 3.05) is 13.6 Å². The molecule has 0 radical (unpaired) electrons. The van der Waals surface area contributed by atoms with Gasteiger partial charge in [-0.15, -0.1) is 0 Å². The maximum Gasteiger partial charge on any atom is 0.0410 e. The van der Waals surface area contributed by atoms with Crippen molar-refractivity contribution in [1.82, 2.24) is 10.3 Å². The molecule has 1 aromatic rings. The molecule has 1 aliphatic carbocycles. The molecule has 0 bridgehead atoms. The van der Waals surface area contributed by atoms with Crippen LogP contribution in [0.4, 0.5) is 0 Å². The number of hydrogen-bond acceptors (Lipinski definition) is 2. The van der Waals surface area contributed by atoms with E-state index in [1.165, 1.54) is 31.2 Å². The van der Waals surface area contributed by atoms with Crippen molar-refractivity contribution in [1.29, 1.82) is 0 Å². The molecule has 1 fully saturated rings. The van der Waals surface area contributed by atoms with Crippen LogP contribution in [0, 0.1) is 16.7 Å². The van der Waals surface area contributed by atoms with Crippen molar-refractivity contribution in [2.45, 2.75) is 52.9 Å². The van der Waals surface area contributed by atoms with Gasteiger partial charge in [-0.25, -0.2) is 0 Å². The van der Waals surface area contributed by atoms with Crippen molar-refractivity contribution in [3.8, 4) is 0 Å². The van der Waals surface area contributed by atoms with Crippen LogP contribution in [0.25, 0.3) is 0 Å². The fraction of sp³-hybridized carbons (Fsp3) is 0.722. The van der Waals surface area contributed by atoms with Crippen LogP contribution in [0.15, 0.2) is 22.9 Å². The molecule has 21 heavy (non-hydrogen) atoms. The molecule has 2 rings (SSSR count). The Morgan fingerprint density at radius 2 is 1.95 bits per heavy atom. The third-order valence-electron chi connectivity index (χ3n) is 5.16. The molecule has 0 atom stereocenters. The lowest BCUT2D eigenvalue weighted by atomic mass is 9.62. The van der Waals surface area contributed by atoms with Crippen LogP contribution < -0.4 is 5.32 Å². The molecule has 0 amide bonds. The van der Waals surface area contributed by atoms with E-state index in [2.05, 4.69) is 60.1 Å². The third kappa shape index (κ3) is 4.53. The summed E-state index contributed by atoms with van der Waals surface area (Å²) < 4.78 is 1.09. The molecule has 0 unspecified atom stereocenters. The lowest BCUT2D eigenvalue weighted by Gasteiger charge is -2.44. The van der Waals surface area contributed by atoms with E-state index < -0.39 is 0 Å². The molecule has 1 aliphatic rings. The van der Waals surface area contributed by atoms with E-state index in [0.29, 0.717) is 10.8 Å². The van der Waals surface area contributed by atoms with Gasteiger partial charge in [-0.2, -0.15) is 0 Å². The summed E-state index contributed by atoms with van der Waals surface area (Å²) in [4.78, 5) is 4.33. The van der Waals surface area contributed by atoms with Gasteiger partial charge in [0.1, 0.15) is 0 Å². The highest BCUT2D eigenvalue weighted by Gasteiger charge is 2.38. The highest BCUT2D eigenvalue weighted by molar-refractivity contribution is 9.10. The number of nitrogens with zero attached hydrogens (tertiary/aromatic N) is 1. The van der Waals surface area contributed by atoms with Crippen molar-refractivity contribution < 1.29 is 0 Å². The van der Waals surface area contributed by atoms with Gasteiger partial charge < -0.3 is 5.32 Å². The average molecular weight is 353 g/mol. The fourth-order valence-electron chi connectivity index (χ4n) is 3.87. The molecule has 2 nitrogen and oxygen atoms in total. The SMILES string of the molecule is CNCC1(Cc2cncc(Br)c2)CCC(C(C)(C)C)CC1. The van der Waals surface area contributed by atoms with Crippen molar-refractivity contribution in [3.05, 3.63) is 28.5 Å². The standard InChI is InChI=1S/C18H29BrN2/c1-17(2,3)15-5-7-18(8-6-15,13-20-4)10-14-9-16(19)12-21-11-14/h9,11-12,15,20H,5-8,10,13H2,1-4H3. The Labute approximate surface area is 138 Å². The number of pyridine rings is 1. The van der Waals surface area contributed by atoms with Gasteiger partial charge in [-0.1, -0.05) is 20.8 Å². The number of aromatic nitrogens is 1. The highest BCUT2D eigenvalue weighted by Crippen LogP contribution is 2.46. The first-order chi connectivity index (χ1) is 9.85. The molecule has 1 saturated carbocycles. The third-order valence-corrected chi connectivity index (χ3v) is 5.60. The molecule has 0 spiro atoms. The van der Waals surface area contributed by atoms with E-state index in [9.17, 15) is 0 Å². The van der Waals surface area contributed by atoms with E-state index in [-0.39, 0.29) is 0 Å². The van der Waals surface area contributed by atoms with Gasteiger partial charge in [0.25, 0.3) is 0 Å². The molecule has 0 aromatic carbocycles. The number of nitrogens with one attached hydrogen (secondary N) is 1. The van der Waals surface area contributed by atoms with Gasteiger partial charge in [0, 0.05) is 23.4 Å². The molecule has 1 heterocycles. The molecule has 118 valence electrons. The molecule has 0 aliphatic heterocycles. The van der Waals surface area contributed by atoms with E-state index >= 15 is 0 Å². The number of halogens is 1. The summed E-state index contributed by atoms with van der Waals surface area (Å²) in [6, 6.07) is 2.22. The first-order valence-electron chi connectivity index (χ1n) is 8.09. The Balaban J connectivity index is 2.09.